The Hall–Kier alpha value is -2.51. The van der Waals surface area contributed by atoms with Crippen molar-refractivity contribution < 1.29 is 27.1 Å². The molecule has 0 aliphatic carbocycles. The Labute approximate surface area is 130 Å². The molecule has 0 saturated heterocycles. The second kappa shape index (κ2) is 8.82. The van der Waals surface area contributed by atoms with E-state index in [1.54, 1.807) is 0 Å². The molecule has 4 nitrogen and oxygen atoms in total. The predicted molar refractivity (Wildman–Crippen MR) is 78.0 cm³/mol. The van der Waals surface area contributed by atoms with E-state index in [1.807, 2.05) is 0 Å². The van der Waals surface area contributed by atoms with Crippen LogP contribution in [-0.2, 0) is 4.74 Å². The summed E-state index contributed by atoms with van der Waals surface area (Å²) in [6.45, 7) is 0. The van der Waals surface area contributed by atoms with Crippen molar-refractivity contribution in [3.63, 3.8) is 0 Å². The molecule has 1 aromatic rings. The van der Waals surface area contributed by atoms with Crippen LogP contribution in [0.3, 0.4) is 0 Å². The van der Waals surface area contributed by atoms with Gasteiger partial charge in [0.1, 0.15) is 5.82 Å². The maximum atomic E-state index is 13.3. The first-order valence-corrected chi connectivity index (χ1v) is 6.58. The average Bonchev–Trinajstić information content (AvgIpc) is 2.47. The third-order valence-corrected chi connectivity index (χ3v) is 2.71. The van der Waals surface area contributed by atoms with E-state index in [9.17, 15) is 22.4 Å². The number of benzene rings is 1. The number of allylic oxidation sites excluding steroid dienone is 2. The minimum absolute atomic E-state index is 0.0752. The Balaban J connectivity index is 2.59. The highest BCUT2D eigenvalue weighted by molar-refractivity contribution is 5.89. The first kappa shape index (κ1) is 18.5. The number of anilines is 1. The zero-order valence-electron chi connectivity index (χ0n) is 12.2. The van der Waals surface area contributed by atoms with Crippen LogP contribution < -0.4 is 10.6 Å². The Bertz CT molecular complexity index is 571. The summed E-state index contributed by atoms with van der Waals surface area (Å²) in [7, 11) is 1.32. The SMILES string of the molecule is CO/C=C/CC(/C=C/NC(=O)Nc1ccccc1F)C(F)(F)F. The minimum Gasteiger partial charge on any atom is -0.505 e. The quantitative estimate of drug-likeness (QED) is 0.606. The smallest absolute Gasteiger partial charge is 0.395 e. The van der Waals surface area contributed by atoms with Gasteiger partial charge in [-0.1, -0.05) is 18.2 Å². The van der Waals surface area contributed by atoms with Gasteiger partial charge in [0.15, 0.2) is 0 Å². The van der Waals surface area contributed by atoms with Crippen molar-refractivity contribution in [3.05, 3.63) is 54.7 Å². The lowest BCUT2D eigenvalue weighted by Gasteiger charge is -2.14. The molecule has 0 radical (unpaired) electrons. The Kier molecular flexibility index (Phi) is 7.11. The van der Waals surface area contributed by atoms with E-state index in [1.165, 1.54) is 31.4 Å². The van der Waals surface area contributed by atoms with Gasteiger partial charge in [0.25, 0.3) is 0 Å². The number of carbonyl (C=O) groups is 1. The molecule has 1 aromatic carbocycles. The first-order chi connectivity index (χ1) is 10.8. The standard InChI is InChI=1S/C15H16F4N2O2/c1-23-10-4-5-11(15(17,18)19)8-9-20-14(22)21-13-7-3-2-6-12(13)16/h2-4,6-11H,5H2,1H3,(H2,20,21,22)/b9-8+,10-4+. The summed E-state index contributed by atoms with van der Waals surface area (Å²) in [6.07, 6.45) is -0.745. The molecule has 0 bridgehead atoms. The summed E-state index contributed by atoms with van der Waals surface area (Å²) >= 11 is 0. The van der Waals surface area contributed by atoms with Gasteiger partial charge >= 0.3 is 12.2 Å². The monoisotopic (exact) mass is 332 g/mol. The van der Waals surface area contributed by atoms with Crippen LogP contribution in [0.5, 0.6) is 0 Å². The number of urea groups is 1. The summed E-state index contributed by atoms with van der Waals surface area (Å²) in [6, 6.07) is 4.58. The number of carbonyl (C=O) groups excluding carboxylic acids is 1. The summed E-state index contributed by atoms with van der Waals surface area (Å²) < 4.78 is 56.1. The van der Waals surface area contributed by atoms with E-state index in [-0.39, 0.29) is 12.1 Å². The lowest BCUT2D eigenvalue weighted by molar-refractivity contribution is -0.160. The fourth-order valence-corrected chi connectivity index (χ4v) is 1.58. The van der Waals surface area contributed by atoms with Crippen molar-refractivity contribution in [1.29, 1.82) is 0 Å². The third-order valence-electron chi connectivity index (χ3n) is 2.71. The molecule has 0 aliphatic rings. The van der Waals surface area contributed by atoms with Crippen molar-refractivity contribution in [3.8, 4) is 0 Å². The van der Waals surface area contributed by atoms with E-state index < -0.39 is 23.9 Å². The highest BCUT2D eigenvalue weighted by Crippen LogP contribution is 2.30. The van der Waals surface area contributed by atoms with Crippen molar-refractivity contribution in [1.82, 2.24) is 5.32 Å². The molecule has 126 valence electrons. The number of amides is 2. The van der Waals surface area contributed by atoms with Gasteiger partial charge in [-0.15, -0.1) is 0 Å². The molecule has 1 unspecified atom stereocenters. The van der Waals surface area contributed by atoms with E-state index >= 15 is 0 Å². The maximum absolute atomic E-state index is 13.3. The molecule has 2 N–H and O–H groups in total. The Morgan fingerprint density at radius 2 is 2.04 bits per heavy atom. The van der Waals surface area contributed by atoms with Crippen molar-refractivity contribution >= 4 is 11.7 Å². The minimum atomic E-state index is -4.46. The molecular weight excluding hydrogens is 316 g/mol. The lowest BCUT2D eigenvalue weighted by Crippen LogP contribution is -2.26. The van der Waals surface area contributed by atoms with Crippen molar-refractivity contribution in [2.75, 3.05) is 12.4 Å². The van der Waals surface area contributed by atoms with Crippen LogP contribution in [0.4, 0.5) is 28.0 Å². The highest BCUT2D eigenvalue weighted by Gasteiger charge is 2.36. The Morgan fingerprint density at radius 3 is 2.65 bits per heavy atom. The number of para-hydroxylation sites is 1. The number of methoxy groups -OCH3 is 1. The molecule has 1 rings (SSSR count). The largest absolute Gasteiger partial charge is 0.505 e. The van der Waals surface area contributed by atoms with Gasteiger partial charge in [0.05, 0.1) is 25.0 Å². The molecule has 1 atom stereocenters. The number of hydrogen-bond donors (Lipinski definition) is 2. The number of halogens is 4. The topological polar surface area (TPSA) is 50.4 Å². The van der Waals surface area contributed by atoms with Crippen LogP contribution in [0.15, 0.2) is 48.9 Å². The molecule has 23 heavy (non-hydrogen) atoms. The summed E-state index contributed by atoms with van der Waals surface area (Å²) in [5, 5.41) is 4.28. The van der Waals surface area contributed by atoms with Crippen LogP contribution in [-0.4, -0.2) is 19.3 Å². The van der Waals surface area contributed by atoms with E-state index in [4.69, 9.17) is 0 Å². The maximum Gasteiger partial charge on any atom is 0.395 e. The molecule has 0 aliphatic heterocycles. The van der Waals surface area contributed by atoms with Gasteiger partial charge in [-0.25, -0.2) is 9.18 Å². The highest BCUT2D eigenvalue weighted by atomic mass is 19.4. The fourth-order valence-electron chi connectivity index (χ4n) is 1.58. The molecule has 0 saturated carbocycles. The van der Waals surface area contributed by atoms with Gasteiger partial charge in [-0.05, 0) is 24.6 Å². The molecule has 0 heterocycles. The molecule has 0 spiro atoms. The van der Waals surface area contributed by atoms with Gasteiger partial charge in [-0.2, -0.15) is 13.2 Å². The normalized spacial score (nSPS) is 13.3. The summed E-state index contributed by atoms with van der Waals surface area (Å²) in [5.41, 5.74) is -0.0752. The average molecular weight is 332 g/mol. The number of ether oxygens (including phenoxy) is 1. The van der Waals surface area contributed by atoms with Gasteiger partial charge < -0.3 is 15.4 Å². The van der Waals surface area contributed by atoms with Crippen LogP contribution in [0.1, 0.15) is 6.42 Å². The van der Waals surface area contributed by atoms with Gasteiger partial charge in [-0.3, -0.25) is 0 Å². The summed E-state index contributed by atoms with van der Waals surface area (Å²) in [4.78, 5) is 11.5. The zero-order valence-corrected chi connectivity index (χ0v) is 12.2. The zero-order chi connectivity index (χ0) is 17.3. The number of hydrogen-bond acceptors (Lipinski definition) is 2. The number of nitrogens with one attached hydrogen (secondary N) is 2. The van der Waals surface area contributed by atoms with Crippen LogP contribution in [0.25, 0.3) is 0 Å². The summed E-state index contributed by atoms with van der Waals surface area (Å²) in [5.74, 6) is -2.42. The molecule has 2 amide bonds. The second-order valence-electron chi connectivity index (χ2n) is 4.43. The van der Waals surface area contributed by atoms with Gasteiger partial charge in [0, 0.05) is 6.20 Å². The second-order valence-corrected chi connectivity index (χ2v) is 4.43. The molecule has 0 fully saturated rings. The molecule has 0 aromatic heterocycles. The third kappa shape index (κ3) is 6.86. The van der Waals surface area contributed by atoms with Crippen molar-refractivity contribution in [2.24, 2.45) is 5.92 Å². The van der Waals surface area contributed by atoms with Crippen molar-refractivity contribution in [2.45, 2.75) is 12.6 Å². The lowest BCUT2D eigenvalue weighted by atomic mass is 10.1. The van der Waals surface area contributed by atoms with Gasteiger partial charge in [0.2, 0.25) is 0 Å². The molecular formula is C15H16F4N2O2. The number of rotatable bonds is 6. The molecule has 8 heteroatoms. The van der Waals surface area contributed by atoms with Crippen LogP contribution in [0, 0.1) is 11.7 Å². The fraction of sp³-hybridized carbons (Fsp3) is 0.267. The predicted octanol–water partition coefficient (Wildman–Crippen LogP) is 4.19. The van der Waals surface area contributed by atoms with Crippen LogP contribution in [0.2, 0.25) is 0 Å². The van der Waals surface area contributed by atoms with E-state index in [2.05, 4.69) is 15.4 Å². The van der Waals surface area contributed by atoms with Crippen LogP contribution >= 0.6 is 0 Å². The van der Waals surface area contributed by atoms with E-state index in [0.717, 1.165) is 24.6 Å². The first-order valence-electron chi connectivity index (χ1n) is 6.58. The Morgan fingerprint density at radius 1 is 1.35 bits per heavy atom. The van der Waals surface area contributed by atoms with E-state index in [0.29, 0.717) is 0 Å². The number of alkyl halides is 3.